The largest absolute Gasteiger partial charge is 0.485 e. The lowest BCUT2D eigenvalue weighted by atomic mass is 10.2. The number of ether oxygens (including phenoxy) is 1. The van der Waals surface area contributed by atoms with Crippen molar-refractivity contribution < 1.29 is 9.53 Å². The molecule has 10 heteroatoms. The first kappa shape index (κ1) is 19.3. The molecule has 1 N–H and O–H groups in total. The average molecular weight is 405 g/mol. The second-order valence-corrected chi connectivity index (χ2v) is 8.38. The fourth-order valence-electron chi connectivity index (χ4n) is 2.20. The molecule has 0 radical (unpaired) electrons. The Labute approximate surface area is 165 Å². The van der Waals surface area contributed by atoms with E-state index in [0.717, 1.165) is 16.3 Å². The van der Waals surface area contributed by atoms with Crippen LogP contribution < -0.4 is 10.1 Å². The molecule has 0 unspecified atom stereocenters. The lowest BCUT2D eigenvalue weighted by molar-refractivity contribution is -0.115. The molecular formula is C17H20N6O2S2. The van der Waals surface area contributed by atoms with E-state index in [0.29, 0.717) is 22.7 Å². The predicted octanol–water partition coefficient (Wildman–Crippen LogP) is 2.98. The number of aromatic nitrogens is 5. The van der Waals surface area contributed by atoms with Gasteiger partial charge in [0, 0.05) is 7.05 Å². The maximum absolute atomic E-state index is 12.3. The second-order valence-electron chi connectivity index (χ2n) is 5.89. The SMILES string of the molecule is Cc1nnc(NC(=O)[C@H](C)Sc2nnc(COc3ccccc3C)n2C)s1. The number of hydrogen-bond donors (Lipinski definition) is 1. The maximum atomic E-state index is 12.3. The Kier molecular flexibility index (Phi) is 6.07. The van der Waals surface area contributed by atoms with Gasteiger partial charge in [-0.1, -0.05) is 41.3 Å². The Balaban J connectivity index is 1.59. The van der Waals surface area contributed by atoms with Crippen molar-refractivity contribution >= 4 is 34.1 Å². The number of rotatable bonds is 7. The van der Waals surface area contributed by atoms with Gasteiger partial charge in [0.15, 0.2) is 11.0 Å². The zero-order valence-electron chi connectivity index (χ0n) is 15.5. The molecule has 0 aliphatic rings. The Morgan fingerprint density at radius 3 is 2.74 bits per heavy atom. The van der Waals surface area contributed by atoms with Crippen molar-refractivity contribution in [2.75, 3.05) is 5.32 Å². The van der Waals surface area contributed by atoms with Crippen LogP contribution in [0.2, 0.25) is 0 Å². The number of aryl methyl sites for hydroxylation is 2. The second kappa shape index (κ2) is 8.49. The van der Waals surface area contributed by atoms with Gasteiger partial charge in [-0.15, -0.1) is 20.4 Å². The molecule has 1 atom stereocenters. The number of nitrogens with one attached hydrogen (secondary N) is 1. The summed E-state index contributed by atoms with van der Waals surface area (Å²) in [4.78, 5) is 12.3. The molecule has 3 rings (SSSR count). The molecule has 1 amide bonds. The third-order valence-electron chi connectivity index (χ3n) is 3.78. The molecule has 1 aromatic carbocycles. The molecule has 3 aromatic rings. The van der Waals surface area contributed by atoms with Gasteiger partial charge < -0.3 is 9.30 Å². The summed E-state index contributed by atoms with van der Waals surface area (Å²) < 4.78 is 7.66. The normalized spacial score (nSPS) is 12.0. The highest BCUT2D eigenvalue weighted by Crippen LogP contribution is 2.24. The molecule has 0 saturated carbocycles. The van der Waals surface area contributed by atoms with Crippen LogP contribution in [0.1, 0.15) is 23.3 Å². The minimum atomic E-state index is -0.359. The first-order chi connectivity index (χ1) is 12.9. The molecule has 0 aliphatic carbocycles. The van der Waals surface area contributed by atoms with E-state index in [4.69, 9.17) is 4.74 Å². The van der Waals surface area contributed by atoms with Gasteiger partial charge in [-0.2, -0.15) is 0 Å². The van der Waals surface area contributed by atoms with Crippen molar-refractivity contribution in [3.05, 3.63) is 40.7 Å². The highest BCUT2D eigenvalue weighted by Gasteiger charge is 2.20. The number of amides is 1. The van der Waals surface area contributed by atoms with Gasteiger partial charge in [0.25, 0.3) is 0 Å². The van der Waals surface area contributed by atoms with Crippen LogP contribution in [-0.4, -0.2) is 36.1 Å². The summed E-state index contributed by atoms with van der Waals surface area (Å²) in [6.07, 6.45) is 0. The third kappa shape index (κ3) is 4.83. The lowest BCUT2D eigenvalue weighted by Crippen LogP contribution is -2.22. The zero-order valence-corrected chi connectivity index (χ0v) is 17.1. The van der Waals surface area contributed by atoms with E-state index in [2.05, 4.69) is 25.7 Å². The van der Waals surface area contributed by atoms with Crippen molar-refractivity contribution in [1.82, 2.24) is 25.0 Å². The molecular weight excluding hydrogens is 384 g/mol. The van der Waals surface area contributed by atoms with Gasteiger partial charge in [0.1, 0.15) is 17.4 Å². The van der Waals surface area contributed by atoms with Crippen LogP contribution in [0.25, 0.3) is 0 Å². The van der Waals surface area contributed by atoms with E-state index in [1.54, 1.807) is 0 Å². The molecule has 27 heavy (non-hydrogen) atoms. The molecule has 0 aliphatic heterocycles. The van der Waals surface area contributed by atoms with Crippen molar-refractivity contribution in [2.45, 2.75) is 37.8 Å². The highest BCUT2D eigenvalue weighted by molar-refractivity contribution is 8.00. The minimum Gasteiger partial charge on any atom is -0.485 e. The number of thioether (sulfide) groups is 1. The summed E-state index contributed by atoms with van der Waals surface area (Å²) in [5.41, 5.74) is 1.06. The van der Waals surface area contributed by atoms with Crippen LogP contribution in [0, 0.1) is 13.8 Å². The molecule has 0 spiro atoms. The number of para-hydroxylation sites is 1. The first-order valence-electron chi connectivity index (χ1n) is 8.28. The Morgan fingerprint density at radius 2 is 2.04 bits per heavy atom. The standard InChI is InChI=1S/C17H20N6O2S2/c1-10-7-5-6-8-13(10)25-9-14-20-22-17(23(14)4)26-11(2)15(24)18-16-21-19-12(3)27-16/h5-8,11H,9H2,1-4H3,(H,18,21,24)/t11-/m0/s1. The van der Waals surface area contributed by atoms with Crippen molar-refractivity contribution in [3.63, 3.8) is 0 Å². The van der Waals surface area contributed by atoms with E-state index >= 15 is 0 Å². The Morgan fingerprint density at radius 1 is 1.26 bits per heavy atom. The minimum absolute atomic E-state index is 0.156. The van der Waals surface area contributed by atoms with Gasteiger partial charge in [-0.3, -0.25) is 10.1 Å². The van der Waals surface area contributed by atoms with Gasteiger partial charge >= 0.3 is 0 Å². The van der Waals surface area contributed by atoms with Gasteiger partial charge in [-0.05, 0) is 32.4 Å². The van der Waals surface area contributed by atoms with Gasteiger partial charge in [0.05, 0.1) is 5.25 Å². The van der Waals surface area contributed by atoms with E-state index in [1.807, 2.05) is 56.7 Å². The summed E-state index contributed by atoms with van der Waals surface area (Å²) in [7, 11) is 1.86. The Bertz CT molecular complexity index is 939. The average Bonchev–Trinajstić information content (AvgIpc) is 3.20. The van der Waals surface area contributed by atoms with E-state index in [1.165, 1.54) is 23.1 Å². The third-order valence-corrected chi connectivity index (χ3v) is 5.67. The maximum Gasteiger partial charge on any atom is 0.239 e. The van der Waals surface area contributed by atoms with Crippen molar-refractivity contribution in [3.8, 4) is 5.75 Å². The number of benzene rings is 1. The van der Waals surface area contributed by atoms with Crippen molar-refractivity contribution in [1.29, 1.82) is 0 Å². The predicted molar refractivity (Wildman–Crippen MR) is 105 cm³/mol. The number of hydrogen-bond acceptors (Lipinski definition) is 8. The van der Waals surface area contributed by atoms with E-state index in [9.17, 15) is 4.79 Å². The van der Waals surface area contributed by atoms with Crippen LogP contribution in [0.3, 0.4) is 0 Å². The number of anilines is 1. The fraction of sp³-hybridized carbons (Fsp3) is 0.353. The van der Waals surface area contributed by atoms with Crippen LogP contribution in [0.4, 0.5) is 5.13 Å². The molecule has 8 nitrogen and oxygen atoms in total. The quantitative estimate of drug-likeness (QED) is 0.605. The number of carbonyl (C=O) groups is 1. The first-order valence-corrected chi connectivity index (χ1v) is 9.98. The summed E-state index contributed by atoms with van der Waals surface area (Å²) in [6, 6.07) is 7.81. The fourth-order valence-corrected chi connectivity index (χ4v) is 3.63. The van der Waals surface area contributed by atoms with Crippen LogP contribution in [-0.2, 0) is 18.4 Å². The van der Waals surface area contributed by atoms with Crippen molar-refractivity contribution in [2.24, 2.45) is 7.05 Å². The molecule has 142 valence electrons. The van der Waals surface area contributed by atoms with Crippen LogP contribution >= 0.6 is 23.1 Å². The molecule has 0 fully saturated rings. The zero-order chi connectivity index (χ0) is 19.4. The molecule has 2 heterocycles. The molecule has 0 saturated heterocycles. The van der Waals surface area contributed by atoms with Crippen LogP contribution in [0.15, 0.2) is 29.4 Å². The lowest BCUT2D eigenvalue weighted by Gasteiger charge is -2.11. The number of nitrogens with zero attached hydrogens (tertiary/aromatic N) is 5. The van der Waals surface area contributed by atoms with E-state index < -0.39 is 0 Å². The van der Waals surface area contributed by atoms with Gasteiger partial charge in [0.2, 0.25) is 11.0 Å². The molecule has 2 aromatic heterocycles. The van der Waals surface area contributed by atoms with Crippen LogP contribution in [0.5, 0.6) is 5.75 Å². The summed E-state index contributed by atoms with van der Waals surface area (Å²) >= 11 is 2.67. The monoisotopic (exact) mass is 404 g/mol. The smallest absolute Gasteiger partial charge is 0.239 e. The number of carbonyl (C=O) groups excluding carboxylic acids is 1. The van der Waals surface area contributed by atoms with E-state index in [-0.39, 0.29) is 11.2 Å². The topological polar surface area (TPSA) is 94.8 Å². The Hall–Kier alpha value is -2.46. The summed E-state index contributed by atoms with van der Waals surface area (Å²) in [5, 5.41) is 20.5. The highest BCUT2D eigenvalue weighted by atomic mass is 32.2. The van der Waals surface area contributed by atoms with Gasteiger partial charge in [-0.25, -0.2) is 0 Å². The summed E-state index contributed by atoms with van der Waals surface area (Å²) in [6.45, 7) is 5.95. The molecule has 0 bridgehead atoms. The summed E-state index contributed by atoms with van der Waals surface area (Å²) in [5.74, 6) is 1.35.